The second-order valence-corrected chi connectivity index (χ2v) is 5.81. The summed E-state index contributed by atoms with van der Waals surface area (Å²) in [6.07, 6.45) is 0.996. The van der Waals surface area contributed by atoms with Crippen LogP contribution in [-0.4, -0.2) is 14.8 Å². The quantitative estimate of drug-likeness (QED) is 0.827. The van der Waals surface area contributed by atoms with Gasteiger partial charge in [-0.05, 0) is 24.1 Å². The lowest BCUT2D eigenvalue weighted by molar-refractivity contribution is 0.592. The maximum absolute atomic E-state index is 8.84. The molecule has 5 nitrogen and oxygen atoms in total. The van der Waals surface area contributed by atoms with Gasteiger partial charge in [-0.3, -0.25) is 0 Å². The Balaban J connectivity index is 2.13. The summed E-state index contributed by atoms with van der Waals surface area (Å²) in [4.78, 5) is 0. The Morgan fingerprint density at radius 3 is 2.86 bits per heavy atom. The number of thioether (sulfide) groups is 1. The van der Waals surface area contributed by atoms with Crippen molar-refractivity contribution in [2.75, 3.05) is 0 Å². The standard InChI is InChI=1S/C14H16ClN5S/c1-2-5-20-13(8-17)18-19-14(20)21-9-11-4-3-10(7-16)6-12(11)15/h3-4,6H,2,5,8-9,17H2,1H3. The van der Waals surface area contributed by atoms with Gasteiger partial charge in [0.1, 0.15) is 5.82 Å². The third kappa shape index (κ3) is 3.76. The van der Waals surface area contributed by atoms with Crippen LogP contribution in [0.2, 0.25) is 5.02 Å². The lowest BCUT2D eigenvalue weighted by Crippen LogP contribution is -2.09. The van der Waals surface area contributed by atoms with Gasteiger partial charge in [0.15, 0.2) is 5.16 Å². The average Bonchev–Trinajstić information content (AvgIpc) is 2.88. The molecule has 0 fully saturated rings. The van der Waals surface area contributed by atoms with Crippen LogP contribution in [0.1, 0.15) is 30.3 Å². The van der Waals surface area contributed by atoms with E-state index in [2.05, 4.69) is 23.2 Å². The van der Waals surface area contributed by atoms with Crippen molar-refractivity contribution in [3.63, 3.8) is 0 Å². The van der Waals surface area contributed by atoms with Crippen LogP contribution in [0.5, 0.6) is 0 Å². The van der Waals surface area contributed by atoms with Gasteiger partial charge in [-0.15, -0.1) is 10.2 Å². The van der Waals surface area contributed by atoms with Crippen molar-refractivity contribution >= 4 is 23.4 Å². The largest absolute Gasteiger partial charge is 0.324 e. The molecule has 7 heteroatoms. The summed E-state index contributed by atoms with van der Waals surface area (Å²) >= 11 is 7.75. The number of hydrogen-bond donors (Lipinski definition) is 1. The highest BCUT2D eigenvalue weighted by Crippen LogP contribution is 2.27. The van der Waals surface area contributed by atoms with E-state index in [0.29, 0.717) is 22.9 Å². The maximum Gasteiger partial charge on any atom is 0.191 e. The van der Waals surface area contributed by atoms with Crippen molar-refractivity contribution in [3.8, 4) is 6.07 Å². The van der Waals surface area contributed by atoms with Gasteiger partial charge in [-0.25, -0.2) is 0 Å². The topological polar surface area (TPSA) is 80.5 Å². The summed E-state index contributed by atoms with van der Waals surface area (Å²) in [6.45, 7) is 3.33. The van der Waals surface area contributed by atoms with Gasteiger partial charge >= 0.3 is 0 Å². The van der Waals surface area contributed by atoms with Gasteiger partial charge in [-0.2, -0.15) is 5.26 Å². The highest BCUT2D eigenvalue weighted by Gasteiger charge is 2.12. The van der Waals surface area contributed by atoms with E-state index in [-0.39, 0.29) is 0 Å². The first-order chi connectivity index (χ1) is 10.2. The van der Waals surface area contributed by atoms with E-state index >= 15 is 0 Å². The van der Waals surface area contributed by atoms with Gasteiger partial charge in [0.25, 0.3) is 0 Å². The Hall–Kier alpha value is -1.55. The minimum atomic E-state index is 0.380. The predicted octanol–water partition coefficient (Wildman–Crippen LogP) is 2.96. The number of nitrogens with zero attached hydrogens (tertiary/aromatic N) is 4. The molecular formula is C14H16ClN5S. The summed E-state index contributed by atoms with van der Waals surface area (Å²) in [5.74, 6) is 1.47. The fourth-order valence-corrected chi connectivity index (χ4v) is 3.22. The molecule has 0 unspecified atom stereocenters. The van der Waals surface area contributed by atoms with E-state index in [9.17, 15) is 0 Å². The zero-order chi connectivity index (χ0) is 15.2. The summed E-state index contributed by atoms with van der Waals surface area (Å²) < 4.78 is 2.04. The molecule has 0 saturated carbocycles. The molecule has 0 aliphatic carbocycles. The van der Waals surface area contributed by atoms with Crippen LogP contribution in [0.3, 0.4) is 0 Å². The molecule has 0 bridgehead atoms. The molecule has 2 rings (SSSR count). The number of hydrogen-bond acceptors (Lipinski definition) is 5. The zero-order valence-corrected chi connectivity index (χ0v) is 13.3. The van der Waals surface area contributed by atoms with E-state index in [0.717, 1.165) is 29.5 Å². The van der Waals surface area contributed by atoms with Crippen molar-refractivity contribution in [3.05, 3.63) is 40.2 Å². The summed E-state index contributed by atoms with van der Waals surface area (Å²) in [5, 5.41) is 18.6. The SMILES string of the molecule is CCCn1c(CN)nnc1SCc1ccc(C#N)cc1Cl. The third-order valence-electron chi connectivity index (χ3n) is 2.96. The molecule has 2 aromatic rings. The fourth-order valence-electron chi connectivity index (χ4n) is 1.90. The molecule has 2 N–H and O–H groups in total. The highest BCUT2D eigenvalue weighted by atomic mass is 35.5. The predicted molar refractivity (Wildman–Crippen MR) is 83.9 cm³/mol. The van der Waals surface area contributed by atoms with Crippen LogP contribution < -0.4 is 5.73 Å². The van der Waals surface area contributed by atoms with Crippen molar-refractivity contribution in [2.45, 2.75) is 37.3 Å². The first-order valence-electron chi connectivity index (χ1n) is 6.63. The second kappa shape index (κ2) is 7.46. The van der Waals surface area contributed by atoms with E-state index in [1.807, 2.05) is 10.6 Å². The number of nitrogens with two attached hydrogens (primary N) is 1. The highest BCUT2D eigenvalue weighted by molar-refractivity contribution is 7.98. The van der Waals surface area contributed by atoms with Gasteiger partial charge in [0.05, 0.1) is 18.2 Å². The lowest BCUT2D eigenvalue weighted by Gasteiger charge is -2.08. The molecule has 21 heavy (non-hydrogen) atoms. The average molecular weight is 322 g/mol. The Morgan fingerprint density at radius 2 is 2.24 bits per heavy atom. The fraction of sp³-hybridized carbons (Fsp3) is 0.357. The minimum absolute atomic E-state index is 0.380. The molecule has 0 spiro atoms. The molecule has 1 aromatic heterocycles. The normalized spacial score (nSPS) is 10.6. The van der Waals surface area contributed by atoms with Crippen LogP contribution in [0.15, 0.2) is 23.4 Å². The first-order valence-corrected chi connectivity index (χ1v) is 7.99. The molecule has 0 radical (unpaired) electrons. The van der Waals surface area contributed by atoms with Crippen LogP contribution in [0.25, 0.3) is 0 Å². The van der Waals surface area contributed by atoms with Gasteiger partial charge in [0, 0.05) is 17.3 Å². The molecule has 110 valence electrons. The van der Waals surface area contributed by atoms with Gasteiger partial charge < -0.3 is 10.3 Å². The van der Waals surface area contributed by atoms with Crippen molar-refractivity contribution < 1.29 is 0 Å². The Morgan fingerprint density at radius 1 is 1.43 bits per heavy atom. The van der Waals surface area contributed by atoms with E-state index in [1.54, 1.807) is 23.9 Å². The first kappa shape index (κ1) is 15.8. The summed E-state index contributed by atoms with van der Waals surface area (Å²) in [6, 6.07) is 7.40. The Bertz CT molecular complexity index is 662. The minimum Gasteiger partial charge on any atom is -0.324 e. The zero-order valence-electron chi connectivity index (χ0n) is 11.7. The molecule has 1 aromatic carbocycles. The number of rotatable bonds is 6. The van der Waals surface area contributed by atoms with E-state index in [4.69, 9.17) is 22.6 Å². The Kier molecular flexibility index (Phi) is 5.62. The molecule has 0 atom stereocenters. The van der Waals surface area contributed by atoms with Gasteiger partial charge in [-0.1, -0.05) is 36.4 Å². The maximum atomic E-state index is 8.84. The molecule has 0 aliphatic heterocycles. The van der Waals surface area contributed by atoms with E-state index in [1.165, 1.54) is 0 Å². The van der Waals surface area contributed by atoms with Crippen molar-refractivity contribution in [1.82, 2.24) is 14.8 Å². The number of nitriles is 1. The van der Waals surface area contributed by atoms with Crippen LogP contribution in [-0.2, 0) is 18.8 Å². The number of benzene rings is 1. The van der Waals surface area contributed by atoms with E-state index < -0.39 is 0 Å². The number of aromatic nitrogens is 3. The van der Waals surface area contributed by atoms with Crippen molar-refractivity contribution in [2.24, 2.45) is 5.73 Å². The van der Waals surface area contributed by atoms with Crippen LogP contribution in [0.4, 0.5) is 0 Å². The second-order valence-electron chi connectivity index (χ2n) is 4.46. The van der Waals surface area contributed by atoms with Gasteiger partial charge in [0.2, 0.25) is 0 Å². The number of halogens is 1. The monoisotopic (exact) mass is 321 g/mol. The summed E-state index contributed by atoms with van der Waals surface area (Å²) in [7, 11) is 0. The molecular weight excluding hydrogens is 306 g/mol. The van der Waals surface area contributed by atoms with Crippen LogP contribution in [0, 0.1) is 11.3 Å². The Labute approximate surface area is 133 Å². The van der Waals surface area contributed by atoms with Crippen LogP contribution >= 0.6 is 23.4 Å². The molecule has 0 aliphatic rings. The smallest absolute Gasteiger partial charge is 0.191 e. The molecule has 0 amide bonds. The van der Waals surface area contributed by atoms with Crippen molar-refractivity contribution in [1.29, 1.82) is 5.26 Å². The lowest BCUT2D eigenvalue weighted by atomic mass is 10.2. The summed E-state index contributed by atoms with van der Waals surface area (Å²) in [5.41, 5.74) is 7.21. The molecule has 1 heterocycles. The molecule has 0 saturated heterocycles. The third-order valence-corrected chi connectivity index (χ3v) is 4.33.